The Balaban J connectivity index is 1.13. The van der Waals surface area contributed by atoms with E-state index in [0.29, 0.717) is 17.6 Å². The van der Waals surface area contributed by atoms with Gasteiger partial charge in [-0.05, 0) is 58.9 Å². The third kappa shape index (κ3) is 5.97. The van der Waals surface area contributed by atoms with Gasteiger partial charge in [0.25, 0.3) is 0 Å². The van der Waals surface area contributed by atoms with E-state index >= 15 is 0 Å². The highest BCUT2D eigenvalue weighted by molar-refractivity contribution is 6.23. The van der Waals surface area contributed by atoms with Crippen LogP contribution in [-0.4, -0.2) is 24.1 Å². The summed E-state index contributed by atoms with van der Waals surface area (Å²) >= 11 is 0. The third-order valence-corrected chi connectivity index (χ3v) is 12.4. The molecule has 5 heteroatoms. The second-order valence-electron chi connectivity index (χ2n) is 15.9. The molecule has 0 atom stereocenters. The van der Waals surface area contributed by atoms with Gasteiger partial charge in [0.2, 0.25) is 5.95 Å². The van der Waals surface area contributed by atoms with Crippen molar-refractivity contribution in [3.8, 4) is 45.5 Å². The number of nitrogens with zero attached hydrogens (tertiary/aromatic N) is 5. The average Bonchev–Trinajstić information content (AvgIpc) is 3.88. The second kappa shape index (κ2) is 14.8. The first-order valence-electron chi connectivity index (χ1n) is 21.2. The molecule has 0 spiro atoms. The van der Waals surface area contributed by atoms with Crippen LogP contribution in [0.15, 0.2) is 212 Å². The molecule has 11 aromatic rings. The average molecular weight is 794 g/mol. The van der Waals surface area contributed by atoms with Crippen LogP contribution >= 0.6 is 0 Å². The minimum atomic E-state index is 0.568. The number of hydrogen-bond acceptors (Lipinski definition) is 3. The van der Waals surface area contributed by atoms with Gasteiger partial charge in [-0.1, -0.05) is 194 Å². The normalized spacial score (nSPS) is 12.9. The van der Waals surface area contributed by atoms with Gasteiger partial charge in [-0.15, -0.1) is 0 Å². The molecule has 292 valence electrons. The van der Waals surface area contributed by atoms with Crippen molar-refractivity contribution in [2.24, 2.45) is 0 Å². The molecular weight excluding hydrogens is 755 g/mol. The smallest absolute Gasteiger partial charge is 0.238 e. The van der Waals surface area contributed by atoms with Crippen LogP contribution in [-0.2, 0) is 0 Å². The molecule has 3 heterocycles. The largest absolute Gasteiger partial charge is 0.307 e. The van der Waals surface area contributed by atoms with Crippen molar-refractivity contribution in [2.45, 2.75) is 12.8 Å². The van der Waals surface area contributed by atoms with Crippen molar-refractivity contribution in [3.63, 3.8) is 0 Å². The van der Waals surface area contributed by atoms with E-state index in [2.05, 4.69) is 197 Å². The molecule has 1 aliphatic rings. The Labute approximate surface area is 359 Å². The molecule has 0 amide bonds. The maximum atomic E-state index is 5.38. The molecule has 0 bridgehead atoms. The van der Waals surface area contributed by atoms with Gasteiger partial charge in [-0.25, -0.2) is 4.98 Å². The molecule has 0 fully saturated rings. The van der Waals surface area contributed by atoms with E-state index in [4.69, 9.17) is 15.0 Å². The first kappa shape index (κ1) is 35.8. The van der Waals surface area contributed by atoms with Crippen LogP contribution in [0.25, 0.3) is 100 Å². The fourth-order valence-electron chi connectivity index (χ4n) is 9.41. The molecule has 12 rings (SSSR count). The van der Waals surface area contributed by atoms with E-state index in [0.717, 1.165) is 68.1 Å². The number of allylic oxidation sites excluding steroid dienone is 4. The summed E-state index contributed by atoms with van der Waals surface area (Å²) in [5, 5.41) is 4.64. The lowest BCUT2D eigenvalue weighted by Gasteiger charge is -2.20. The zero-order chi connectivity index (χ0) is 41.0. The quantitative estimate of drug-likeness (QED) is 0.161. The number of hydrogen-bond donors (Lipinski definition) is 0. The number of benzene rings is 8. The molecule has 8 aromatic carbocycles. The molecule has 0 saturated heterocycles. The minimum absolute atomic E-state index is 0.568. The summed E-state index contributed by atoms with van der Waals surface area (Å²) in [4.78, 5) is 15.9. The topological polar surface area (TPSA) is 48.5 Å². The highest BCUT2D eigenvalue weighted by atomic mass is 15.2. The van der Waals surface area contributed by atoms with Gasteiger partial charge < -0.3 is 4.57 Å². The first-order valence-corrected chi connectivity index (χ1v) is 21.2. The number of para-hydroxylation sites is 3. The number of fused-ring (bicyclic) bond motifs is 7. The summed E-state index contributed by atoms with van der Waals surface area (Å²) in [6.07, 6.45) is 6.57. The summed E-state index contributed by atoms with van der Waals surface area (Å²) in [6, 6.07) is 70.9. The van der Waals surface area contributed by atoms with Crippen LogP contribution in [0.4, 0.5) is 0 Å². The van der Waals surface area contributed by atoms with Gasteiger partial charge in [0.05, 0.1) is 27.8 Å². The molecule has 0 N–H and O–H groups in total. The third-order valence-electron chi connectivity index (χ3n) is 12.4. The van der Waals surface area contributed by atoms with Crippen LogP contribution in [0.2, 0.25) is 0 Å². The van der Waals surface area contributed by atoms with Crippen LogP contribution < -0.4 is 0 Å². The monoisotopic (exact) mass is 793 g/mol. The summed E-state index contributed by atoms with van der Waals surface area (Å²) in [7, 11) is 0. The summed E-state index contributed by atoms with van der Waals surface area (Å²) in [6.45, 7) is 0. The van der Waals surface area contributed by atoms with E-state index in [1.54, 1.807) is 0 Å². The molecule has 1 aliphatic carbocycles. The molecule has 3 aromatic heterocycles. The molecule has 0 saturated carbocycles. The van der Waals surface area contributed by atoms with Gasteiger partial charge >= 0.3 is 0 Å². The predicted molar refractivity (Wildman–Crippen MR) is 256 cm³/mol. The van der Waals surface area contributed by atoms with Gasteiger partial charge in [0, 0.05) is 38.2 Å². The van der Waals surface area contributed by atoms with Crippen LogP contribution in [0.3, 0.4) is 0 Å². The summed E-state index contributed by atoms with van der Waals surface area (Å²) in [5.41, 5.74) is 14.9. The van der Waals surface area contributed by atoms with Crippen molar-refractivity contribution in [3.05, 3.63) is 223 Å². The van der Waals surface area contributed by atoms with E-state index in [9.17, 15) is 0 Å². The maximum absolute atomic E-state index is 5.38. The zero-order valence-corrected chi connectivity index (χ0v) is 33.9. The predicted octanol–water partition coefficient (Wildman–Crippen LogP) is 14.3. The Morgan fingerprint density at radius 2 is 0.774 bits per heavy atom. The van der Waals surface area contributed by atoms with E-state index in [1.807, 2.05) is 24.3 Å². The summed E-state index contributed by atoms with van der Waals surface area (Å²) < 4.78 is 4.76. The Morgan fingerprint density at radius 1 is 0.323 bits per heavy atom. The highest BCUT2D eigenvalue weighted by Crippen LogP contribution is 2.43. The van der Waals surface area contributed by atoms with Gasteiger partial charge in [-0.2, -0.15) is 9.97 Å². The summed E-state index contributed by atoms with van der Waals surface area (Å²) in [5.74, 6) is 1.80. The highest BCUT2D eigenvalue weighted by Gasteiger charge is 2.25. The van der Waals surface area contributed by atoms with E-state index < -0.39 is 0 Å². The van der Waals surface area contributed by atoms with Crippen molar-refractivity contribution in [1.82, 2.24) is 24.1 Å². The lowest BCUT2D eigenvalue weighted by molar-refractivity contribution is 0.953. The van der Waals surface area contributed by atoms with Crippen molar-refractivity contribution in [2.75, 3.05) is 0 Å². The molecule has 0 aliphatic heterocycles. The zero-order valence-electron chi connectivity index (χ0n) is 33.9. The van der Waals surface area contributed by atoms with Gasteiger partial charge in [-0.3, -0.25) is 4.57 Å². The Bertz CT molecular complexity index is 3540. The molecule has 62 heavy (non-hydrogen) atoms. The fraction of sp³-hybridized carbons (Fsp3) is 0.0351. The minimum Gasteiger partial charge on any atom is -0.307 e. The molecule has 5 nitrogen and oxygen atoms in total. The maximum Gasteiger partial charge on any atom is 0.238 e. The molecule has 0 radical (unpaired) electrons. The van der Waals surface area contributed by atoms with Crippen molar-refractivity contribution in [1.29, 1.82) is 0 Å². The SMILES string of the molecule is C1=C(c2ccccc2)CCC(c2ccccc2-n2c3ccccc3c3ccc4c5ccccc5n(-c5nc(-c6ccccc6)nc(-c6ccc(-c7ccccc7)cc6)n5)c4c32)=C1. The lowest BCUT2D eigenvalue weighted by atomic mass is 9.89. The van der Waals surface area contributed by atoms with Crippen molar-refractivity contribution < 1.29 is 0 Å². The molecular formula is C57H39N5. The molecule has 0 unspecified atom stereocenters. The Morgan fingerprint density at radius 3 is 1.40 bits per heavy atom. The van der Waals surface area contributed by atoms with E-state index in [-0.39, 0.29) is 0 Å². The lowest BCUT2D eigenvalue weighted by Crippen LogP contribution is -2.07. The van der Waals surface area contributed by atoms with E-state index in [1.165, 1.54) is 38.6 Å². The fourth-order valence-corrected chi connectivity index (χ4v) is 9.41. The van der Waals surface area contributed by atoms with Crippen LogP contribution in [0.5, 0.6) is 0 Å². The first-order chi connectivity index (χ1) is 30.8. The second-order valence-corrected chi connectivity index (χ2v) is 15.9. The van der Waals surface area contributed by atoms with Crippen molar-refractivity contribution >= 4 is 54.8 Å². The Kier molecular flexibility index (Phi) is 8.56. The van der Waals surface area contributed by atoms with Crippen LogP contribution in [0, 0.1) is 0 Å². The Hall–Kier alpha value is -8.15. The number of aromatic nitrogens is 5. The van der Waals surface area contributed by atoms with Gasteiger partial charge in [0.1, 0.15) is 0 Å². The van der Waals surface area contributed by atoms with Gasteiger partial charge in [0.15, 0.2) is 11.6 Å². The number of rotatable bonds is 7. The van der Waals surface area contributed by atoms with Crippen LogP contribution in [0.1, 0.15) is 24.0 Å². The standard InChI is InChI=1S/C57H39N5/c1-4-16-38(17-5-1)40-28-32-42(33-29-40)45-22-10-13-25-50(45)61-51-26-14-11-23-46(51)48-36-37-49-47-24-12-15-27-52(47)62(54(49)53(48)61)57-59-55(43-20-8-3-9-21-43)58-56(60-57)44-34-30-41(31-35-44)39-18-6-2-7-19-39/h1-28,30-32,34-37H,29,33H2.